The molecule has 1 aromatic rings. The molecule has 2 unspecified atom stereocenters. The number of hydrogen-bond acceptors (Lipinski definition) is 3. The molecule has 0 radical (unpaired) electrons. The quantitative estimate of drug-likeness (QED) is 0.864. The number of benzene rings is 1. The Bertz CT molecular complexity index is 492. The molecule has 2 rings (SSSR count). The predicted octanol–water partition coefficient (Wildman–Crippen LogP) is 1.69. The maximum absolute atomic E-state index is 12.1. The minimum Gasteiger partial charge on any atom is -0.352 e. The van der Waals surface area contributed by atoms with E-state index in [9.17, 15) is 4.79 Å². The third-order valence-electron chi connectivity index (χ3n) is 3.68. The van der Waals surface area contributed by atoms with E-state index in [1.165, 1.54) is 0 Å². The van der Waals surface area contributed by atoms with Gasteiger partial charge in [0.2, 0.25) is 5.91 Å². The molecule has 1 fully saturated rings. The van der Waals surface area contributed by atoms with Crippen LogP contribution in [0.2, 0.25) is 0 Å². The first-order valence-corrected chi connectivity index (χ1v) is 6.73. The first kappa shape index (κ1) is 13.6. The van der Waals surface area contributed by atoms with Crippen molar-refractivity contribution in [2.45, 2.75) is 38.3 Å². The van der Waals surface area contributed by atoms with Gasteiger partial charge in [-0.25, -0.2) is 0 Å². The third kappa shape index (κ3) is 3.55. The minimum absolute atomic E-state index is 0.0146. The van der Waals surface area contributed by atoms with Crippen molar-refractivity contribution in [2.75, 3.05) is 0 Å². The molecule has 19 heavy (non-hydrogen) atoms. The Kier molecular flexibility index (Phi) is 4.53. The molecule has 1 aliphatic carbocycles. The first-order chi connectivity index (χ1) is 9.20. The van der Waals surface area contributed by atoms with Crippen molar-refractivity contribution in [3.63, 3.8) is 0 Å². The van der Waals surface area contributed by atoms with Crippen LogP contribution in [0.4, 0.5) is 0 Å². The summed E-state index contributed by atoms with van der Waals surface area (Å²) in [6.07, 6.45) is 4.01. The van der Waals surface area contributed by atoms with Crippen LogP contribution in [-0.4, -0.2) is 11.9 Å². The van der Waals surface area contributed by atoms with E-state index in [1.807, 2.05) is 12.1 Å². The standard InChI is InChI=1S/C15H19N3O/c16-9-11-4-3-5-12(8-11)10-18-15(19)13-6-1-2-7-14(13)17/h3-5,8,13-14H,1-2,6-7,10,17H2,(H,18,19). The molecule has 0 aliphatic heterocycles. The molecule has 4 heteroatoms. The van der Waals surface area contributed by atoms with E-state index in [0.29, 0.717) is 12.1 Å². The van der Waals surface area contributed by atoms with Gasteiger partial charge in [0.05, 0.1) is 17.6 Å². The first-order valence-electron chi connectivity index (χ1n) is 6.73. The van der Waals surface area contributed by atoms with Crippen LogP contribution in [0.1, 0.15) is 36.8 Å². The Labute approximate surface area is 113 Å². The van der Waals surface area contributed by atoms with Gasteiger partial charge in [-0.3, -0.25) is 4.79 Å². The SMILES string of the molecule is N#Cc1cccc(CNC(=O)C2CCCCC2N)c1. The van der Waals surface area contributed by atoms with Gasteiger partial charge in [-0.2, -0.15) is 5.26 Å². The maximum Gasteiger partial charge on any atom is 0.224 e. The summed E-state index contributed by atoms with van der Waals surface area (Å²) in [6, 6.07) is 9.35. The summed E-state index contributed by atoms with van der Waals surface area (Å²) >= 11 is 0. The number of carbonyl (C=O) groups is 1. The van der Waals surface area contributed by atoms with Crippen LogP contribution in [0.15, 0.2) is 24.3 Å². The van der Waals surface area contributed by atoms with E-state index in [4.69, 9.17) is 11.0 Å². The molecule has 3 N–H and O–H groups in total. The van der Waals surface area contributed by atoms with Gasteiger partial charge >= 0.3 is 0 Å². The average molecular weight is 257 g/mol. The van der Waals surface area contributed by atoms with Gasteiger partial charge in [0.25, 0.3) is 0 Å². The van der Waals surface area contributed by atoms with Gasteiger partial charge in [0.1, 0.15) is 0 Å². The van der Waals surface area contributed by atoms with Crippen LogP contribution in [-0.2, 0) is 11.3 Å². The number of nitriles is 1. The average Bonchev–Trinajstić information content (AvgIpc) is 2.45. The summed E-state index contributed by atoms with van der Waals surface area (Å²) in [7, 11) is 0. The lowest BCUT2D eigenvalue weighted by atomic mass is 9.84. The van der Waals surface area contributed by atoms with Crippen molar-refractivity contribution >= 4 is 5.91 Å². The van der Waals surface area contributed by atoms with Crippen molar-refractivity contribution in [3.05, 3.63) is 35.4 Å². The molecule has 2 atom stereocenters. The fourth-order valence-corrected chi connectivity index (χ4v) is 2.56. The Balaban J connectivity index is 1.91. The summed E-state index contributed by atoms with van der Waals surface area (Å²) in [4.78, 5) is 12.1. The van der Waals surface area contributed by atoms with Gasteiger partial charge in [-0.1, -0.05) is 25.0 Å². The fraction of sp³-hybridized carbons (Fsp3) is 0.467. The molecule has 100 valence electrons. The number of hydrogen-bond donors (Lipinski definition) is 2. The predicted molar refractivity (Wildman–Crippen MR) is 72.9 cm³/mol. The second kappa shape index (κ2) is 6.35. The lowest BCUT2D eigenvalue weighted by Gasteiger charge is -2.27. The molecule has 1 aromatic carbocycles. The lowest BCUT2D eigenvalue weighted by molar-refractivity contribution is -0.126. The Morgan fingerprint density at radius 1 is 1.42 bits per heavy atom. The summed E-state index contributed by atoms with van der Waals surface area (Å²) in [6.45, 7) is 0.456. The summed E-state index contributed by atoms with van der Waals surface area (Å²) in [5.74, 6) is -0.0255. The molecular weight excluding hydrogens is 238 g/mol. The van der Waals surface area contributed by atoms with Gasteiger partial charge in [0, 0.05) is 12.6 Å². The van der Waals surface area contributed by atoms with Crippen molar-refractivity contribution in [1.82, 2.24) is 5.32 Å². The summed E-state index contributed by atoms with van der Waals surface area (Å²) in [5, 5.41) is 11.7. The highest BCUT2D eigenvalue weighted by Crippen LogP contribution is 2.23. The maximum atomic E-state index is 12.1. The van der Waals surface area contributed by atoms with E-state index < -0.39 is 0 Å². The van der Waals surface area contributed by atoms with Crippen LogP contribution < -0.4 is 11.1 Å². The normalized spacial score (nSPS) is 22.5. The highest BCUT2D eigenvalue weighted by Gasteiger charge is 2.27. The second-order valence-corrected chi connectivity index (χ2v) is 5.08. The highest BCUT2D eigenvalue weighted by atomic mass is 16.1. The van der Waals surface area contributed by atoms with E-state index in [2.05, 4.69) is 11.4 Å². The number of carbonyl (C=O) groups excluding carboxylic acids is 1. The largest absolute Gasteiger partial charge is 0.352 e. The van der Waals surface area contributed by atoms with Crippen molar-refractivity contribution in [2.24, 2.45) is 11.7 Å². The van der Waals surface area contributed by atoms with Crippen molar-refractivity contribution in [1.29, 1.82) is 5.26 Å². The number of amides is 1. The smallest absolute Gasteiger partial charge is 0.224 e. The number of rotatable bonds is 3. The van der Waals surface area contributed by atoms with Crippen LogP contribution in [0.25, 0.3) is 0 Å². The molecule has 1 saturated carbocycles. The molecular formula is C15H19N3O. The molecule has 4 nitrogen and oxygen atoms in total. The monoisotopic (exact) mass is 257 g/mol. The van der Waals surface area contributed by atoms with E-state index in [-0.39, 0.29) is 17.9 Å². The fourth-order valence-electron chi connectivity index (χ4n) is 2.56. The molecule has 1 aliphatic rings. The zero-order valence-corrected chi connectivity index (χ0v) is 10.9. The third-order valence-corrected chi connectivity index (χ3v) is 3.68. The second-order valence-electron chi connectivity index (χ2n) is 5.08. The molecule has 0 heterocycles. The minimum atomic E-state index is -0.0621. The van der Waals surface area contributed by atoms with Crippen LogP contribution in [0.3, 0.4) is 0 Å². The summed E-state index contributed by atoms with van der Waals surface area (Å²) < 4.78 is 0. The van der Waals surface area contributed by atoms with Gasteiger partial charge in [-0.15, -0.1) is 0 Å². The van der Waals surface area contributed by atoms with Gasteiger partial charge < -0.3 is 11.1 Å². The van der Waals surface area contributed by atoms with Gasteiger partial charge in [0.15, 0.2) is 0 Å². The van der Waals surface area contributed by atoms with Crippen LogP contribution >= 0.6 is 0 Å². The van der Waals surface area contributed by atoms with E-state index >= 15 is 0 Å². The van der Waals surface area contributed by atoms with E-state index in [0.717, 1.165) is 31.2 Å². The van der Waals surface area contributed by atoms with Crippen LogP contribution in [0.5, 0.6) is 0 Å². The zero-order chi connectivity index (χ0) is 13.7. The lowest BCUT2D eigenvalue weighted by Crippen LogP contribution is -2.43. The molecule has 0 bridgehead atoms. The van der Waals surface area contributed by atoms with Crippen molar-refractivity contribution < 1.29 is 4.79 Å². The number of nitrogens with zero attached hydrogens (tertiary/aromatic N) is 1. The van der Waals surface area contributed by atoms with Gasteiger partial charge in [-0.05, 0) is 30.5 Å². The molecule has 0 saturated heterocycles. The van der Waals surface area contributed by atoms with E-state index in [1.54, 1.807) is 12.1 Å². The number of nitrogens with one attached hydrogen (secondary N) is 1. The number of nitrogens with two attached hydrogens (primary N) is 1. The Morgan fingerprint density at radius 3 is 2.95 bits per heavy atom. The highest BCUT2D eigenvalue weighted by molar-refractivity contribution is 5.79. The molecule has 0 aromatic heterocycles. The Hall–Kier alpha value is -1.86. The topological polar surface area (TPSA) is 78.9 Å². The molecule has 1 amide bonds. The van der Waals surface area contributed by atoms with Crippen LogP contribution in [0, 0.1) is 17.2 Å². The molecule has 0 spiro atoms. The zero-order valence-electron chi connectivity index (χ0n) is 10.9. The van der Waals surface area contributed by atoms with Crippen molar-refractivity contribution in [3.8, 4) is 6.07 Å². The Morgan fingerprint density at radius 2 is 2.21 bits per heavy atom. The summed E-state index contributed by atoms with van der Waals surface area (Å²) in [5.41, 5.74) is 7.54.